The molecule has 24 heterocycles. The highest BCUT2D eigenvalue weighted by Crippen LogP contribution is 2.54. The second-order valence-corrected chi connectivity index (χ2v) is 66.6. The Labute approximate surface area is 783 Å². The van der Waals surface area contributed by atoms with Crippen molar-refractivity contribution < 1.29 is 62.0 Å². The summed E-state index contributed by atoms with van der Waals surface area (Å²) in [6.45, 7) is 78.8. The molecule has 0 aromatic carbocycles. The molecule has 0 aromatic heterocycles. The molecule has 0 radical (unpaired) electrons. The first kappa shape index (κ1) is 98.3. The summed E-state index contributed by atoms with van der Waals surface area (Å²) in [5, 5.41) is 0. The molecule has 24 rings (SSSR count). The van der Waals surface area contributed by atoms with Gasteiger partial charge in [-0.05, 0) is 215 Å². The molecule has 128 heavy (non-hydrogen) atoms. The Morgan fingerprint density at radius 2 is 0.711 bits per heavy atom. The number of fused-ring (bicyclic) bond motifs is 18. The molecule has 4 bridgehead atoms. The van der Waals surface area contributed by atoms with Crippen LogP contribution in [0.1, 0.15) is 283 Å². The molecule has 35 heteroatoms. The van der Waals surface area contributed by atoms with Gasteiger partial charge < -0.3 is 66.5 Å². The molecular weight excluding hydrogens is 1730 g/mol. The third kappa shape index (κ3) is 16.7. The monoisotopic (exact) mass is 1910 g/mol. The van der Waals surface area contributed by atoms with E-state index in [9.17, 15) is 0 Å². The molecule has 23 fully saturated rings. The van der Waals surface area contributed by atoms with Gasteiger partial charge in [0.15, 0.2) is 0 Å². The lowest BCUT2D eigenvalue weighted by Crippen LogP contribution is -2.69. The molecule has 0 amide bonds. The van der Waals surface area contributed by atoms with Crippen LogP contribution in [0.4, 0.5) is 0 Å². The van der Waals surface area contributed by atoms with Gasteiger partial charge in [-0.15, -0.1) is 0 Å². The van der Waals surface area contributed by atoms with E-state index in [1.165, 1.54) is 127 Å². The summed E-state index contributed by atoms with van der Waals surface area (Å²) in [6.07, 6.45) is 22.1. The first-order valence-corrected chi connectivity index (χ1v) is 64.9. The smallest absolute Gasteiger partial charge is 0.384 e. The summed E-state index contributed by atoms with van der Waals surface area (Å²) in [6, 6.07) is 10.7. The van der Waals surface area contributed by atoms with Crippen molar-refractivity contribution in [3.63, 3.8) is 0 Å². The Kier molecular flexibility index (Phi) is 29.6. The van der Waals surface area contributed by atoms with Crippen LogP contribution in [0.2, 0.25) is 5.82 Å². The third-order valence-electron chi connectivity index (χ3n) is 35.6. The zero-order valence-electron chi connectivity index (χ0n) is 84.7. The Balaban J connectivity index is 0.000000101. The average Bonchev–Trinajstić information content (AvgIpc) is 1.55. The van der Waals surface area contributed by atoms with Crippen LogP contribution in [-0.4, -0.2) is 374 Å². The highest BCUT2D eigenvalue weighted by molar-refractivity contribution is 7.31. The summed E-state index contributed by atoms with van der Waals surface area (Å²) >= 11 is 0. The van der Waals surface area contributed by atoms with E-state index in [0.717, 1.165) is 130 Å². The maximum atomic E-state index is 6.68. The summed E-state index contributed by atoms with van der Waals surface area (Å²) in [5.74, 6) is 7.09. The highest BCUT2D eigenvalue weighted by Gasteiger charge is 2.76. The number of nitrogens with zero attached hydrogens (tertiary/aromatic N) is 13. The Bertz CT molecular complexity index is 3650. The van der Waals surface area contributed by atoms with Crippen molar-refractivity contribution in [1.82, 2.24) is 59.4 Å². The van der Waals surface area contributed by atoms with E-state index in [1.807, 2.05) is 0 Å². The molecule has 0 N–H and O–H groups in total. The highest BCUT2D eigenvalue weighted by atomic mass is 28.4. The average molecular weight is 1910 g/mol. The van der Waals surface area contributed by atoms with Crippen LogP contribution in [0.5, 0.6) is 0 Å². The van der Waals surface area contributed by atoms with Crippen molar-refractivity contribution in [2.45, 2.75) is 410 Å². The van der Waals surface area contributed by atoms with E-state index in [2.05, 4.69) is 239 Å². The lowest BCUT2D eigenvalue weighted by molar-refractivity contribution is 0.123. The van der Waals surface area contributed by atoms with E-state index in [-0.39, 0.29) is 0 Å². The van der Waals surface area contributed by atoms with Crippen molar-refractivity contribution >= 4 is 68.2 Å². The molecular formula is C93H178BN13O14Si7. The normalized spacial score (nSPS) is 47.6. The summed E-state index contributed by atoms with van der Waals surface area (Å²) < 4.78 is 123. The van der Waals surface area contributed by atoms with Gasteiger partial charge in [-0.25, -0.2) is 0 Å². The minimum Gasteiger partial charge on any atom is -0.384 e. The first-order valence-electron chi connectivity index (χ1n) is 52.8. The van der Waals surface area contributed by atoms with E-state index in [4.69, 9.17) is 62.0 Å². The van der Waals surface area contributed by atoms with Gasteiger partial charge >= 0.3 is 61.9 Å². The fourth-order valence-corrected chi connectivity index (χ4v) is 61.1. The molecule has 7 spiro atoms. The Morgan fingerprint density at radius 1 is 0.305 bits per heavy atom. The van der Waals surface area contributed by atoms with Crippen LogP contribution < -0.4 is 0 Å². The number of allylic oxidation sites excluding steroid dienone is 2. The fraction of sp³-hybridized carbons (Fsp3) is 0.978. The summed E-state index contributed by atoms with van der Waals surface area (Å²) in [5.41, 5.74) is 2.93. The largest absolute Gasteiger partial charge is 0.523 e. The van der Waals surface area contributed by atoms with Crippen molar-refractivity contribution in [2.75, 3.05) is 125 Å². The lowest BCUT2D eigenvalue weighted by atomic mass is 9.57. The molecule has 24 aliphatic rings. The third-order valence-corrected chi connectivity index (χ3v) is 63.1. The minimum atomic E-state index is -2.35. The van der Waals surface area contributed by atoms with Crippen molar-refractivity contribution in [3.05, 3.63) is 11.2 Å². The van der Waals surface area contributed by atoms with Gasteiger partial charge in [0, 0.05) is 142 Å². The van der Waals surface area contributed by atoms with Gasteiger partial charge in [-0.3, -0.25) is 54.8 Å². The van der Waals surface area contributed by atoms with Gasteiger partial charge in [0.1, 0.15) is 0 Å². The van der Waals surface area contributed by atoms with Crippen LogP contribution in [0, 0.1) is 53.3 Å². The van der Waals surface area contributed by atoms with Crippen LogP contribution in [-0.2, 0) is 62.0 Å². The van der Waals surface area contributed by atoms with Gasteiger partial charge in [-0.2, -0.15) is 0 Å². The van der Waals surface area contributed by atoms with Gasteiger partial charge in [0.25, 0.3) is 6.31 Å². The maximum absolute atomic E-state index is 6.68. The van der Waals surface area contributed by atoms with Crippen LogP contribution >= 0.6 is 0 Å². The standard InChI is InChI=1S/C16H30N2O2Si.C15H30N2O2Si.C14H26N2O2Si.C14H28N2O2Si.C12H22N2O2Si.C12H24N2O2Si.C10H18BNO2Si/c1-11(2)15-7-5-13-9-17(15)21(19-13)18-10-14(20-21)6-8-16(18)12(3)4;1-11(2)15-10-19-20(16(15)12(3)4)17-13(5)7-6-8-14(17)9-18-20;1-11-3-5-15-13(7-11)9-17-19(15)16-6-4-12(2)8-14(16)10-18-19;1-10(2)14-9-18-19(16(14)11(3)4)15-7-12(5)6-13(15)8-17-19;1-9-3-5-11-7-15-17(13(9)11)14-10(2)4-6-12(14)8-16-17;1-9(2)11-12(10(3)4)14-6-8-16-17(14)13(11)5-7-15-17;1-7-5-13-15-11(7)9(3)10(4)12(15)8(2)6-14-15/h11-16H,5-10H2,1-4H3;11-15H,6-10H2,1-5H3;11-14H,3-10H2,1-2H3;10-14H,6-9H2,1-5H3;9-12H,3-8H2,1-2H3;9-12H,5-8H2,1-4H3;7-8H,5-6H2,1-4H3. The van der Waals surface area contributed by atoms with Gasteiger partial charge in [0.05, 0.1) is 84.9 Å². The van der Waals surface area contributed by atoms with Crippen molar-refractivity contribution in [1.29, 1.82) is 0 Å². The molecule has 27 nitrogen and oxygen atoms in total. The van der Waals surface area contributed by atoms with E-state index in [1.54, 1.807) is 0 Å². The molecule has 27 atom stereocenters. The SMILES string of the molecule is CC(C)C1C(C(C)C)N2CCO[Si]23OCCN13.CC(C)C1CCC2CN1[Si]1(O2)OC2CCC(C(C)C)N1C2.CC(C)C1CO[Si]2(OCC3CCCC(C)N32)N1C(C)C.CC1=C(C)N2C(C)CO[Si]23OCC(C)B13.CC1CC2CO[Si]3(OCC(C(C)C)N3C(C)C)N2C1.CC1CCC2CO[Si]3(OCC4CCC(C)N43)N12.CC1CCN2C(CO[Si]23OCC2CC(C)CCN23)C1. The fourth-order valence-electron chi connectivity index (χ4n) is 29.8. The van der Waals surface area contributed by atoms with Gasteiger partial charge in [-0.1, -0.05) is 157 Å². The van der Waals surface area contributed by atoms with Crippen LogP contribution in [0.25, 0.3) is 0 Å². The Hall–Kier alpha value is 0.0831. The maximum Gasteiger partial charge on any atom is 0.523 e. The predicted octanol–water partition coefficient (Wildman–Crippen LogP) is 12.4. The molecule has 24 aliphatic heterocycles. The molecule has 0 saturated carbocycles. The van der Waals surface area contributed by atoms with E-state index < -0.39 is 61.9 Å². The van der Waals surface area contributed by atoms with E-state index >= 15 is 0 Å². The molecule has 27 unspecified atom stereocenters. The number of piperidine rings is 5. The lowest BCUT2D eigenvalue weighted by Gasteiger charge is -2.45. The number of hydrogen-bond acceptors (Lipinski definition) is 27. The van der Waals surface area contributed by atoms with E-state index in [0.29, 0.717) is 169 Å². The molecule has 0 aliphatic carbocycles. The van der Waals surface area contributed by atoms with Crippen LogP contribution in [0.15, 0.2) is 11.2 Å². The predicted molar refractivity (Wildman–Crippen MR) is 517 cm³/mol. The molecule has 0 aromatic rings. The topological polar surface area (TPSA) is 171 Å². The van der Waals surface area contributed by atoms with Crippen LogP contribution in [0.3, 0.4) is 0 Å². The number of rotatable bonds is 8. The second-order valence-electron chi connectivity index (χ2n) is 47.1. The zero-order valence-corrected chi connectivity index (χ0v) is 91.7. The first-order chi connectivity index (χ1) is 61.0. The zero-order chi connectivity index (χ0) is 90.7. The van der Waals surface area contributed by atoms with Gasteiger partial charge in [0.2, 0.25) is 0 Å². The molecule has 730 valence electrons. The minimum absolute atomic E-state index is 0.429. The summed E-state index contributed by atoms with van der Waals surface area (Å²) in [4.78, 5) is 0. The summed E-state index contributed by atoms with van der Waals surface area (Å²) in [7, 11) is -15.5. The van der Waals surface area contributed by atoms with Crippen molar-refractivity contribution in [2.24, 2.45) is 53.3 Å². The quantitative estimate of drug-likeness (QED) is 0.210. The van der Waals surface area contributed by atoms with Crippen molar-refractivity contribution in [3.8, 4) is 0 Å². The second kappa shape index (κ2) is 38.5. The number of hydrogen-bond donors (Lipinski definition) is 0. The molecule has 23 saturated heterocycles. The Morgan fingerprint density at radius 3 is 1.20 bits per heavy atom.